The molecule has 4 rings (SSSR count). The summed E-state index contributed by atoms with van der Waals surface area (Å²) in [5.74, 6) is 0.945. The van der Waals surface area contributed by atoms with E-state index in [-0.39, 0.29) is 18.4 Å². The number of rotatable bonds is 7. The van der Waals surface area contributed by atoms with E-state index in [1.165, 1.54) is 0 Å². The average molecular weight is 407 g/mol. The van der Waals surface area contributed by atoms with Crippen molar-refractivity contribution >= 4 is 17.2 Å². The van der Waals surface area contributed by atoms with Crippen molar-refractivity contribution in [2.45, 2.75) is 32.7 Å². The molecule has 3 aromatic heterocycles. The summed E-state index contributed by atoms with van der Waals surface area (Å²) in [5, 5.41) is 15.4. The van der Waals surface area contributed by atoms with Crippen molar-refractivity contribution in [3.05, 3.63) is 70.5 Å². The van der Waals surface area contributed by atoms with E-state index >= 15 is 0 Å². The molecule has 0 radical (unpaired) electrons. The highest BCUT2D eigenvalue weighted by atomic mass is 32.1. The lowest BCUT2D eigenvalue weighted by Crippen LogP contribution is -2.27. The number of carbonyl (C=O) groups is 1. The maximum absolute atomic E-state index is 12.4. The lowest BCUT2D eigenvalue weighted by molar-refractivity contribution is -0.121. The topological polar surface area (TPSA) is 85.8 Å². The molecule has 0 aliphatic rings. The van der Waals surface area contributed by atoms with Crippen LogP contribution in [0.2, 0.25) is 0 Å². The van der Waals surface area contributed by atoms with Gasteiger partial charge in [-0.25, -0.2) is 4.68 Å². The predicted octanol–water partition coefficient (Wildman–Crippen LogP) is 4.10. The number of aromatic nitrogens is 4. The van der Waals surface area contributed by atoms with Gasteiger partial charge >= 0.3 is 0 Å². The number of hydrogen-bond donors (Lipinski definition) is 1. The molecule has 0 spiro atoms. The molecule has 0 saturated carbocycles. The van der Waals surface area contributed by atoms with E-state index in [1.807, 2.05) is 65.7 Å². The van der Waals surface area contributed by atoms with Crippen molar-refractivity contribution in [3.8, 4) is 17.1 Å². The minimum Gasteiger partial charge on any atom is -0.349 e. The van der Waals surface area contributed by atoms with Crippen molar-refractivity contribution in [2.24, 2.45) is 0 Å². The fourth-order valence-electron chi connectivity index (χ4n) is 3.15. The zero-order valence-corrected chi connectivity index (χ0v) is 17.0. The van der Waals surface area contributed by atoms with Crippen LogP contribution in [0.4, 0.5) is 0 Å². The number of hydrogen-bond acceptors (Lipinski definition) is 6. The monoisotopic (exact) mass is 407 g/mol. The van der Waals surface area contributed by atoms with Crippen molar-refractivity contribution in [1.82, 2.24) is 25.2 Å². The zero-order valence-electron chi connectivity index (χ0n) is 16.2. The van der Waals surface area contributed by atoms with E-state index in [2.05, 4.69) is 20.6 Å². The second kappa shape index (κ2) is 8.40. The number of thiophene rings is 1. The maximum Gasteiger partial charge on any atom is 0.227 e. The number of aryl methyl sites for hydroxylation is 1. The average Bonchev–Trinajstić information content (AvgIpc) is 3.47. The fourth-order valence-corrected chi connectivity index (χ4v) is 3.79. The van der Waals surface area contributed by atoms with Crippen LogP contribution in [0.25, 0.3) is 17.1 Å². The van der Waals surface area contributed by atoms with Crippen LogP contribution in [-0.4, -0.2) is 25.8 Å². The predicted molar refractivity (Wildman–Crippen MR) is 111 cm³/mol. The number of para-hydroxylation sites is 1. The molecule has 1 aromatic carbocycles. The second-order valence-electron chi connectivity index (χ2n) is 6.75. The molecule has 1 atom stereocenters. The molecule has 7 nitrogen and oxygen atoms in total. The zero-order chi connectivity index (χ0) is 20.2. The molecule has 0 fully saturated rings. The van der Waals surface area contributed by atoms with Crippen LogP contribution >= 0.6 is 11.3 Å². The molecule has 3 heterocycles. The van der Waals surface area contributed by atoms with Gasteiger partial charge in [0.15, 0.2) is 0 Å². The molecule has 0 aliphatic carbocycles. The first-order valence-electron chi connectivity index (χ1n) is 9.36. The summed E-state index contributed by atoms with van der Waals surface area (Å²) in [6.07, 6.45) is 2.48. The molecule has 0 saturated heterocycles. The molecule has 0 aliphatic heterocycles. The lowest BCUT2D eigenvalue weighted by Gasteiger charge is -2.14. The summed E-state index contributed by atoms with van der Waals surface area (Å²) in [7, 11) is 0. The summed E-state index contributed by atoms with van der Waals surface area (Å²) in [6, 6.07) is 11.7. The normalized spacial score (nSPS) is 12.1. The van der Waals surface area contributed by atoms with Crippen molar-refractivity contribution in [1.29, 1.82) is 0 Å². The number of nitrogens with zero attached hydrogens (tertiary/aromatic N) is 4. The Bertz CT molecular complexity index is 1090. The van der Waals surface area contributed by atoms with Gasteiger partial charge in [-0.1, -0.05) is 23.4 Å². The molecule has 1 N–H and O–H groups in total. The number of amides is 1. The minimum absolute atomic E-state index is 0.0698. The van der Waals surface area contributed by atoms with Gasteiger partial charge in [0.05, 0.1) is 17.9 Å². The van der Waals surface area contributed by atoms with Gasteiger partial charge in [0.1, 0.15) is 0 Å². The van der Waals surface area contributed by atoms with Crippen LogP contribution in [0.5, 0.6) is 0 Å². The molecule has 8 heteroatoms. The van der Waals surface area contributed by atoms with Crippen LogP contribution in [0.15, 0.2) is 57.9 Å². The van der Waals surface area contributed by atoms with Crippen molar-refractivity contribution < 1.29 is 9.32 Å². The summed E-state index contributed by atoms with van der Waals surface area (Å²) in [5.41, 5.74) is 3.91. The van der Waals surface area contributed by atoms with Crippen LogP contribution in [0, 0.1) is 6.92 Å². The van der Waals surface area contributed by atoms with Crippen molar-refractivity contribution in [3.63, 3.8) is 0 Å². The van der Waals surface area contributed by atoms with Gasteiger partial charge < -0.3 is 9.84 Å². The largest absolute Gasteiger partial charge is 0.349 e. The van der Waals surface area contributed by atoms with E-state index in [0.717, 1.165) is 22.5 Å². The van der Waals surface area contributed by atoms with E-state index in [4.69, 9.17) is 4.52 Å². The summed E-state index contributed by atoms with van der Waals surface area (Å²) in [6.45, 7) is 3.96. The third-order valence-electron chi connectivity index (χ3n) is 4.71. The van der Waals surface area contributed by atoms with Crippen LogP contribution in [-0.2, 0) is 11.2 Å². The van der Waals surface area contributed by atoms with Gasteiger partial charge in [0, 0.05) is 35.0 Å². The Morgan fingerprint density at radius 3 is 2.86 bits per heavy atom. The SMILES string of the molecule is Cc1c(C(C)NC(=O)CCc2nc(-c3ccsc3)no2)cnn1-c1ccccc1. The van der Waals surface area contributed by atoms with Gasteiger partial charge in [-0.3, -0.25) is 4.79 Å². The van der Waals surface area contributed by atoms with E-state index in [9.17, 15) is 4.79 Å². The Kier molecular flexibility index (Phi) is 5.53. The first kappa shape index (κ1) is 19.1. The van der Waals surface area contributed by atoms with Gasteiger partial charge in [0.2, 0.25) is 17.6 Å². The minimum atomic E-state index is -0.149. The van der Waals surface area contributed by atoms with Crippen molar-refractivity contribution in [2.75, 3.05) is 0 Å². The van der Waals surface area contributed by atoms with Gasteiger partial charge in [-0.2, -0.15) is 21.4 Å². The molecule has 0 bridgehead atoms. The van der Waals surface area contributed by atoms with Gasteiger partial charge in [0.25, 0.3) is 0 Å². The van der Waals surface area contributed by atoms with Crippen LogP contribution < -0.4 is 5.32 Å². The standard InChI is InChI=1S/C21H21N5O2S/c1-14(18-12-22-26(15(18)2)17-6-4-3-5-7-17)23-19(27)8-9-20-24-21(25-28-20)16-10-11-29-13-16/h3-7,10-14H,8-9H2,1-2H3,(H,23,27). The highest BCUT2D eigenvalue weighted by molar-refractivity contribution is 7.08. The van der Waals surface area contributed by atoms with Crippen LogP contribution in [0.3, 0.4) is 0 Å². The molecular formula is C21H21N5O2S. The quantitative estimate of drug-likeness (QED) is 0.498. The fraction of sp³-hybridized carbons (Fsp3) is 0.238. The first-order chi connectivity index (χ1) is 14.1. The van der Waals surface area contributed by atoms with E-state index in [0.29, 0.717) is 18.1 Å². The maximum atomic E-state index is 12.4. The Balaban J connectivity index is 1.35. The van der Waals surface area contributed by atoms with E-state index < -0.39 is 0 Å². The second-order valence-corrected chi connectivity index (χ2v) is 7.53. The van der Waals surface area contributed by atoms with E-state index in [1.54, 1.807) is 17.5 Å². The Morgan fingerprint density at radius 1 is 1.28 bits per heavy atom. The van der Waals surface area contributed by atoms with Gasteiger partial charge in [-0.15, -0.1) is 0 Å². The summed E-state index contributed by atoms with van der Waals surface area (Å²) < 4.78 is 7.13. The Morgan fingerprint density at radius 2 is 2.10 bits per heavy atom. The highest BCUT2D eigenvalue weighted by Gasteiger charge is 2.17. The third kappa shape index (κ3) is 4.27. The summed E-state index contributed by atoms with van der Waals surface area (Å²) in [4.78, 5) is 16.7. The number of carbonyl (C=O) groups excluding carboxylic acids is 1. The lowest BCUT2D eigenvalue weighted by atomic mass is 10.1. The molecule has 4 aromatic rings. The Labute approximate surface area is 172 Å². The molecule has 1 unspecified atom stereocenters. The smallest absolute Gasteiger partial charge is 0.227 e. The van der Waals surface area contributed by atoms with Crippen LogP contribution in [0.1, 0.15) is 36.5 Å². The molecule has 1 amide bonds. The first-order valence-corrected chi connectivity index (χ1v) is 10.3. The number of benzene rings is 1. The molecule has 148 valence electrons. The third-order valence-corrected chi connectivity index (χ3v) is 5.39. The number of nitrogens with one attached hydrogen (secondary N) is 1. The Hall–Kier alpha value is -3.26. The highest BCUT2D eigenvalue weighted by Crippen LogP contribution is 2.21. The molecular weight excluding hydrogens is 386 g/mol. The summed E-state index contributed by atoms with van der Waals surface area (Å²) >= 11 is 1.58. The van der Waals surface area contributed by atoms with Gasteiger partial charge in [-0.05, 0) is 37.4 Å². The molecule has 29 heavy (non-hydrogen) atoms.